The van der Waals surface area contributed by atoms with Gasteiger partial charge in [0.1, 0.15) is 0 Å². The van der Waals surface area contributed by atoms with Crippen LogP contribution in [0.5, 0.6) is 5.75 Å². The number of amides is 1. The Kier molecular flexibility index (Phi) is 6.74. The van der Waals surface area contributed by atoms with E-state index in [-0.39, 0.29) is 18.8 Å². The molecule has 0 saturated heterocycles. The zero-order chi connectivity index (χ0) is 17.5. The summed E-state index contributed by atoms with van der Waals surface area (Å²) < 4.78 is 24.1. The fourth-order valence-electron chi connectivity index (χ4n) is 1.93. The number of hydrogen-bond donors (Lipinski definition) is 1. The van der Waals surface area contributed by atoms with Crippen LogP contribution < -0.4 is 10.1 Å². The zero-order valence-electron chi connectivity index (χ0n) is 12.8. The normalized spacial score (nSPS) is 11.6. The first-order chi connectivity index (χ1) is 11.5. The zero-order valence-corrected chi connectivity index (χ0v) is 15.2. The van der Waals surface area contributed by atoms with E-state index in [1.807, 2.05) is 17.5 Å². The van der Waals surface area contributed by atoms with Gasteiger partial charge < -0.3 is 14.8 Å². The van der Waals surface area contributed by atoms with E-state index in [0.717, 1.165) is 4.88 Å². The third kappa shape index (κ3) is 5.31. The lowest BCUT2D eigenvalue weighted by Crippen LogP contribution is -2.33. The molecule has 1 aromatic carbocycles. The highest BCUT2D eigenvalue weighted by molar-refractivity contribution is 9.10. The molecule has 0 fully saturated rings. The third-order valence-corrected chi connectivity index (χ3v) is 4.55. The molecule has 2 aromatic rings. The van der Waals surface area contributed by atoms with Crippen molar-refractivity contribution in [3.8, 4) is 5.75 Å². The van der Waals surface area contributed by atoms with Crippen LogP contribution in [0.1, 0.15) is 17.3 Å². The fraction of sp³-hybridized carbons (Fsp3) is 0.250. The number of benzene rings is 1. The topological polar surface area (TPSA) is 64.6 Å². The maximum absolute atomic E-state index is 13.7. The van der Waals surface area contributed by atoms with Gasteiger partial charge in [-0.1, -0.05) is 22.0 Å². The van der Waals surface area contributed by atoms with E-state index in [0.29, 0.717) is 4.47 Å². The smallest absolute Gasteiger partial charge is 0.307 e. The first kappa shape index (κ1) is 18.4. The lowest BCUT2D eigenvalue weighted by Gasteiger charge is -2.16. The van der Waals surface area contributed by atoms with Crippen molar-refractivity contribution in [2.24, 2.45) is 0 Å². The number of thiophene rings is 1. The summed E-state index contributed by atoms with van der Waals surface area (Å²) in [5.41, 5.74) is 0. The Morgan fingerprint density at radius 3 is 2.79 bits per heavy atom. The first-order valence-electron chi connectivity index (χ1n) is 6.97. The van der Waals surface area contributed by atoms with Gasteiger partial charge in [0, 0.05) is 9.35 Å². The maximum Gasteiger partial charge on any atom is 0.307 e. The molecule has 0 radical (unpaired) electrons. The highest BCUT2D eigenvalue weighted by atomic mass is 79.9. The van der Waals surface area contributed by atoms with Crippen molar-refractivity contribution in [3.63, 3.8) is 0 Å². The van der Waals surface area contributed by atoms with Gasteiger partial charge in [0.15, 0.2) is 18.2 Å². The standard InChI is InChI=1S/C16H15BrFNO4S/c1-22-16(21)8-12(14-3-2-6-24-14)19-15(20)9-23-13-5-4-10(17)7-11(13)18/h2-7,12H,8-9H2,1H3,(H,19,20)/t12-/m1/s1. The number of carbonyl (C=O) groups is 2. The van der Waals surface area contributed by atoms with Crippen molar-refractivity contribution in [2.45, 2.75) is 12.5 Å². The van der Waals surface area contributed by atoms with Gasteiger partial charge in [0.05, 0.1) is 19.6 Å². The molecule has 0 aliphatic carbocycles. The minimum Gasteiger partial charge on any atom is -0.481 e. The molecule has 0 aliphatic rings. The summed E-state index contributed by atoms with van der Waals surface area (Å²) in [6, 6.07) is 7.42. The van der Waals surface area contributed by atoms with E-state index in [1.165, 1.54) is 30.6 Å². The van der Waals surface area contributed by atoms with E-state index in [9.17, 15) is 14.0 Å². The van der Waals surface area contributed by atoms with Gasteiger partial charge in [-0.25, -0.2) is 4.39 Å². The van der Waals surface area contributed by atoms with E-state index >= 15 is 0 Å². The van der Waals surface area contributed by atoms with Crippen LogP contribution in [0.25, 0.3) is 0 Å². The molecule has 1 aromatic heterocycles. The molecule has 128 valence electrons. The number of methoxy groups -OCH3 is 1. The van der Waals surface area contributed by atoms with Crippen molar-refractivity contribution in [1.82, 2.24) is 5.32 Å². The van der Waals surface area contributed by atoms with Crippen LogP contribution in [-0.4, -0.2) is 25.6 Å². The highest BCUT2D eigenvalue weighted by Gasteiger charge is 2.20. The molecule has 24 heavy (non-hydrogen) atoms. The first-order valence-corrected chi connectivity index (χ1v) is 8.64. The lowest BCUT2D eigenvalue weighted by atomic mass is 10.1. The molecule has 0 saturated carbocycles. The molecular weight excluding hydrogens is 401 g/mol. The summed E-state index contributed by atoms with van der Waals surface area (Å²) in [4.78, 5) is 24.4. The van der Waals surface area contributed by atoms with Gasteiger partial charge in [-0.05, 0) is 29.6 Å². The van der Waals surface area contributed by atoms with Gasteiger partial charge in [0.2, 0.25) is 0 Å². The Balaban J connectivity index is 1.96. The Labute approximate surface area is 150 Å². The number of hydrogen-bond acceptors (Lipinski definition) is 5. The molecule has 1 heterocycles. The summed E-state index contributed by atoms with van der Waals surface area (Å²) in [6.45, 7) is -0.360. The quantitative estimate of drug-likeness (QED) is 0.703. The molecular formula is C16H15BrFNO4S. The van der Waals surface area contributed by atoms with Crippen molar-refractivity contribution in [1.29, 1.82) is 0 Å². The molecule has 1 N–H and O–H groups in total. The van der Waals surface area contributed by atoms with Crippen molar-refractivity contribution in [3.05, 3.63) is 50.9 Å². The predicted octanol–water partition coefficient (Wildman–Crippen LogP) is 3.45. The van der Waals surface area contributed by atoms with Crippen molar-refractivity contribution < 1.29 is 23.5 Å². The van der Waals surface area contributed by atoms with E-state index in [2.05, 4.69) is 26.0 Å². The average molecular weight is 416 g/mol. The van der Waals surface area contributed by atoms with Crippen LogP contribution >= 0.6 is 27.3 Å². The molecule has 0 unspecified atom stereocenters. The largest absolute Gasteiger partial charge is 0.481 e. The SMILES string of the molecule is COC(=O)C[C@@H](NC(=O)COc1ccc(Br)cc1F)c1cccs1. The molecule has 5 nitrogen and oxygen atoms in total. The van der Waals surface area contributed by atoms with Crippen LogP contribution in [0.15, 0.2) is 40.2 Å². The van der Waals surface area contributed by atoms with Crippen LogP contribution in [0.2, 0.25) is 0 Å². The summed E-state index contributed by atoms with van der Waals surface area (Å²) in [7, 11) is 1.29. The number of rotatable bonds is 7. The molecule has 1 amide bonds. The maximum atomic E-state index is 13.7. The molecule has 0 spiro atoms. The second-order valence-electron chi connectivity index (χ2n) is 4.78. The molecule has 8 heteroatoms. The minimum absolute atomic E-state index is 0.00932. The fourth-order valence-corrected chi connectivity index (χ4v) is 3.04. The van der Waals surface area contributed by atoms with Crippen molar-refractivity contribution in [2.75, 3.05) is 13.7 Å². The molecule has 1 atom stereocenters. The van der Waals surface area contributed by atoms with Gasteiger partial charge in [0.25, 0.3) is 5.91 Å². The van der Waals surface area contributed by atoms with Crippen LogP contribution in [-0.2, 0) is 14.3 Å². The Bertz CT molecular complexity index is 708. The molecule has 0 aliphatic heterocycles. The van der Waals surface area contributed by atoms with Gasteiger partial charge in [-0.15, -0.1) is 11.3 Å². The number of esters is 1. The van der Waals surface area contributed by atoms with Gasteiger partial charge >= 0.3 is 5.97 Å². The van der Waals surface area contributed by atoms with Crippen LogP contribution in [0, 0.1) is 5.82 Å². The van der Waals surface area contributed by atoms with E-state index in [4.69, 9.17) is 4.74 Å². The molecule has 2 rings (SSSR count). The Morgan fingerprint density at radius 1 is 1.38 bits per heavy atom. The number of nitrogens with one attached hydrogen (secondary N) is 1. The van der Waals surface area contributed by atoms with Crippen LogP contribution in [0.4, 0.5) is 4.39 Å². The average Bonchev–Trinajstić information content (AvgIpc) is 3.07. The third-order valence-electron chi connectivity index (χ3n) is 3.07. The number of halogens is 2. The number of carbonyl (C=O) groups excluding carboxylic acids is 2. The summed E-state index contributed by atoms with van der Waals surface area (Å²) in [5, 5.41) is 4.55. The van der Waals surface area contributed by atoms with Gasteiger partial charge in [-0.3, -0.25) is 9.59 Å². The summed E-state index contributed by atoms with van der Waals surface area (Å²) in [6.07, 6.45) is 0.00932. The van der Waals surface area contributed by atoms with E-state index in [1.54, 1.807) is 6.07 Å². The Morgan fingerprint density at radius 2 is 2.17 bits per heavy atom. The summed E-state index contributed by atoms with van der Waals surface area (Å²) in [5.74, 6) is -1.48. The second-order valence-corrected chi connectivity index (χ2v) is 6.67. The molecule has 0 bridgehead atoms. The number of ether oxygens (including phenoxy) is 2. The summed E-state index contributed by atoms with van der Waals surface area (Å²) >= 11 is 4.56. The van der Waals surface area contributed by atoms with Crippen molar-refractivity contribution >= 4 is 39.1 Å². The monoisotopic (exact) mass is 415 g/mol. The predicted molar refractivity (Wildman–Crippen MR) is 91.4 cm³/mol. The Hall–Kier alpha value is -1.93. The lowest BCUT2D eigenvalue weighted by molar-refractivity contribution is -0.141. The second kappa shape index (κ2) is 8.79. The highest BCUT2D eigenvalue weighted by Crippen LogP contribution is 2.23. The van der Waals surface area contributed by atoms with Gasteiger partial charge in [-0.2, -0.15) is 0 Å². The van der Waals surface area contributed by atoms with Crippen LogP contribution in [0.3, 0.4) is 0 Å². The minimum atomic E-state index is -0.568. The van der Waals surface area contributed by atoms with E-state index < -0.39 is 23.7 Å².